The fraction of sp³-hybridized carbons (Fsp3) is 0.750. The van der Waals surface area contributed by atoms with Crippen LogP contribution in [-0.4, -0.2) is 74.9 Å². The maximum Gasteiger partial charge on any atom is 0.472 e. The molecule has 0 fully saturated rings. The Balaban J connectivity index is 4.35. The number of phosphoric ester groups is 1. The Kier molecular flexibility index (Phi) is 45.7. The van der Waals surface area contributed by atoms with E-state index in [1.807, 2.05) is 21.1 Å². The molecular formula is C56H101NO8P+. The zero-order chi connectivity index (χ0) is 48.5. The lowest BCUT2D eigenvalue weighted by Crippen LogP contribution is -2.37. The molecule has 10 heteroatoms. The molecule has 0 aromatic carbocycles. The molecule has 1 unspecified atom stereocenters. The molecule has 0 rings (SSSR count). The maximum atomic E-state index is 12.8. The Morgan fingerprint density at radius 1 is 0.470 bits per heavy atom. The van der Waals surface area contributed by atoms with Crippen molar-refractivity contribution >= 4 is 19.8 Å². The number of hydrogen-bond acceptors (Lipinski definition) is 7. The second kappa shape index (κ2) is 47.5. The SMILES string of the molecule is CCCCC/C=C/C/C=C/C/C=C/C/C=C/CCCCCC(=O)OC[C@H](COP(=O)(O)OCC[N+](C)(C)C)OC(=O)CCC/C=C/CC/C=C/CCCCCCCCCCCCCCCC. The van der Waals surface area contributed by atoms with Crippen molar-refractivity contribution in [1.82, 2.24) is 0 Å². The normalized spacial score (nSPS) is 14.0. The van der Waals surface area contributed by atoms with Crippen LogP contribution in [0.2, 0.25) is 0 Å². The van der Waals surface area contributed by atoms with E-state index >= 15 is 0 Å². The molecule has 0 spiro atoms. The van der Waals surface area contributed by atoms with Crippen LogP contribution in [0.3, 0.4) is 0 Å². The minimum absolute atomic E-state index is 0.0163. The molecule has 0 aliphatic heterocycles. The molecule has 2 atom stereocenters. The molecule has 0 aromatic heterocycles. The summed E-state index contributed by atoms with van der Waals surface area (Å²) in [5.41, 5.74) is 0. The number of allylic oxidation sites excluding steroid dienone is 12. The van der Waals surface area contributed by atoms with E-state index in [0.717, 1.165) is 64.2 Å². The number of likely N-dealkylation sites (N-methyl/N-ethyl adjacent to an activating group) is 1. The third-order valence-electron chi connectivity index (χ3n) is 11.2. The summed E-state index contributed by atoms with van der Waals surface area (Å²) in [5, 5.41) is 0. The summed E-state index contributed by atoms with van der Waals surface area (Å²) in [5.74, 6) is -0.884. The first-order valence-corrected chi connectivity index (χ1v) is 28.2. The first-order chi connectivity index (χ1) is 32.0. The van der Waals surface area contributed by atoms with Crippen LogP contribution in [0.5, 0.6) is 0 Å². The van der Waals surface area contributed by atoms with Gasteiger partial charge in [0.1, 0.15) is 19.8 Å². The number of esters is 2. The number of carbonyl (C=O) groups is 2. The number of rotatable bonds is 48. The first-order valence-electron chi connectivity index (χ1n) is 26.7. The smallest absolute Gasteiger partial charge is 0.462 e. The summed E-state index contributed by atoms with van der Waals surface area (Å²) in [6.07, 6.45) is 61.2. The van der Waals surface area contributed by atoms with Crippen molar-refractivity contribution in [2.45, 2.75) is 225 Å². The van der Waals surface area contributed by atoms with Gasteiger partial charge in [0.05, 0.1) is 27.7 Å². The van der Waals surface area contributed by atoms with E-state index in [0.29, 0.717) is 23.9 Å². The van der Waals surface area contributed by atoms with E-state index in [4.69, 9.17) is 18.5 Å². The number of ether oxygens (including phenoxy) is 2. The Hall–Kier alpha value is -2.55. The Bertz CT molecular complexity index is 1350. The molecule has 0 saturated heterocycles. The van der Waals surface area contributed by atoms with E-state index in [1.165, 1.54) is 116 Å². The molecule has 66 heavy (non-hydrogen) atoms. The number of nitrogens with zero attached hydrogens (tertiary/aromatic N) is 1. The van der Waals surface area contributed by atoms with Crippen LogP contribution < -0.4 is 0 Å². The van der Waals surface area contributed by atoms with Crippen molar-refractivity contribution in [3.05, 3.63) is 72.9 Å². The van der Waals surface area contributed by atoms with E-state index < -0.39 is 32.5 Å². The van der Waals surface area contributed by atoms with Crippen molar-refractivity contribution < 1.29 is 42.1 Å². The summed E-state index contributed by atoms with van der Waals surface area (Å²) in [6.45, 7) is 4.33. The van der Waals surface area contributed by atoms with Crippen LogP contribution >= 0.6 is 7.82 Å². The van der Waals surface area contributed by atoms with Crippen molar-refractivity contribution in [1.29, 1.82) is 0 Å². The summed E-state index contributed by atoms with van der Waals surface area (Å²) in [6, 6.07) is 0. The van der Waals surface area contributed by atoms with Gasteiger partial charge in [-0.25, -0.2) is 4.57 Å². The van der Waals surface area contributed by atoms with Crippen molar-refractivity contribution in [3.8, 4) is 0 Å². The summed E-state index contributed by atoms with van der Waals surface area (Å²) >= 11 is 0. The van der Waals surface area contributed by atoms with Gasteiger partial charge in [-0.15, -0.1) is 0 Å². The van der Waals surface area contributed by atoms with E-state index in [9.17, 15) is 19.0 Å². The molecule has 0 radical (unpaired) electrons. The van der Waals surface area contributed by atoms with Crippen LogP contribution in [0.1, 0.15) is 219 Å². The van der Waals surface area contributed by atoms with E-state index in [2.05, 4.69) is 86.8 Å². The lowest BCUT2D eigenvalue weighted by Gasteiger charge is -2.24. The molecule has 382 valence electrons. The predicted octanol–water partition coefficient (Wildman–Crippen LogP) is 16.1. The van der Waals surface area contributed by atoms with Crippen molar-refractivity contribution in [2.24, 2.45) is 0 Å². The molecule has 9 nitrogen and oxygen atoms in total. The average Bonchev–Trinajstić information content (AvgIpc) is 3.27. The number of quaternary nitrogens is 1. The number of unbranched alkanes of at least 4 members (excludes halogenated alkanes) is 22. The van der Waals surface area contributed by atoms with Gasteiger partial charge in [0.25, 0.3) is 0 Å². The van der Waals surface area contributed by atoms with Crippen LogP contribution in [0.4, 0.5) is 0 Å². The molecule has 0 heterocycles. The third-order valence-corrected chi connectivity index (χ3v) is 12.2. The zero-order valence-corrected chi connectivity index (χ0v) is 44.1. The Labute approximate surface area is 406 Å². The number of carbonyl (C=O) groups excluding carboxylic acids is 2. The van der Waals surface area contributed by atoms with E-state index in [1.54, 1.807) is 0 Å². The predicted molar refractivity (Wildman–Crippen MR) is 279 cm³/mol. The first kappa shape index (κ1) is 63.5. The molecule has 0 saturated carbocycles. The van der Waals surface area contributed by atoms with Gasteiger partial charge in [0, 0.05) is 12.8 Å². The monoisotopic (exact) mass is 947 g/mol. The summed E-state index contributed by atoms with van der Waals surface area (Å²) in [7, 11) is 1.43. The Morgan fingerprint density at radius 3 is 1.35 bits per heavy atom. The van der Waals surface area contributed by atoms with E-state index in [-0.39, 0.29) is 26.1 Å². The van der Waals surface area contributed by atoms with Crippen LogP contribution in [-0.2, 0) is 32.7 Å². The maximum absolute atomic E-state index is 12.8. The van der Waals surface area contributed by atoms with Gasteiger partial charge in [-0.1, -0.05) is 189 Å². The highest BCUT2D eigenvalue weighted by molar-refractivity contribution is 7.47. The average molecular weight is 947 g/mol. The van der Waals surface area contributed by atoms with Gasteiger partial charge in [-0.2, -0.15) is 0 Å². The minimum atomic E-state index is -4.40. The highest BCUT2D eigenvalue weighted by atomic mass is 31.2. The van der Waals surface area contributed by atoms with Crippen LogP contribution in [0.15, 0.2) is 72.9 Å². The van der Waals surface area contributed by atoms with Gasteiger partial charge in [0.15, 0.2) is 6.10 Å². The lowest BCUT2D eigenvalue weighted by atomic mass is 10.0. The summed E-state index contributed by atoms with van der Waals surface area (Å²) in [4.78, 5) is 35.5. The molecule has 1 N–H and O–H groups in total. The fourth-order valence-electron chi connectivity index (χ4n) is 7.02. The van der Waals surface area contributed by atoms with Gasteiger partial charge in [-0.3, -0.25) is 18.6 Å². The Morgan fingerprint density at radius 2 is 0.848 bits per heavy atom. The molecule has 0 aromatic rings. The van der Waals surface area contributed by atoms with Gasteiger partial charge in [-0.05, 0) is 89.9 Å². The molecule has 0 bridgehead atoms. The lowest BCUT2D eigenvalue weighted by molar-refractivity contribution is -0.870. The van der Waals surface area contributed by atoms with Crippen molar-refractivity contribution in [2.75, 3.05) is 47.5 Å². The van der Waals surface area contributed by atoms with Crippen LogP contribution in [0.25, 0.3) is 0 Å². The third kappa shape index (κ3) is 50.9. The standard InChI is InChI=1S/C56H100NO8P/c1-6-8-10-12-14-16-18-20-22-24-26-27-28-29-31-33-35-37-39-41-43-45-47-49-56(59)65-54(53-64-66(60,61)63-51-50-57(3,4)5)52-62-55(58)48-46-44-42-40-38-36-34-32-30-25-23-21-19-17-15-13-11-9-7-2/h15,17,21,23,30,32-33,35-36,38,41,43,54H,6-14,16,18-20,22,24-29,31,34,37,39-40,42,44-53H2,1-5H3/p+1/b17-15+,23-21+,32-30+,35-33+,38-36+,43-41+/t54-/m1/s1. The second-order valence-electron chi connectivity index (χ2n) is 18.9. The number of hydrogen-bond donors (Lipinski definition) is 1. The largest absolute Gasteiger partial charge is 0.472 e. The second-order valence-corrected chi connectivity index (χ2v) is 20.3. The fourth-order valence-corrected chi connectivity index (χ4v) is 7.76. The topological polar surface area (TPSA) is 108 Å². The van der Waals surface area contributed by atoms with Gasteiger partial charge in [0.2, 0.25) is 0 Å². The minimum Gasteiger partial charge on any atom is -0.462 e. The summed E-state index contributed by atoms with van der Waals surface area (Å²) < 4.78 is 34.4. The van der Waals surface area contributed by atoms with Crippen molar-refractivity contribution in [3.63, 3.8) is 0 Å². The quantitative estimate of drug-likeness (QED) is 0.0211. The highest BCUT2D eigenvalue weighted by Gasteiger charge is 2.27. The van der Waals surface area contributed by atoms with Gasteiger partial charge >= 0.3 is 19.8 Å². The molecule has 0 amide bonds. The molecular weight excluding hydrogens is 846 g/mol. The highest BCUT2D eigenvalue weighted by Crippen LogP contribution is 2.43. The van der Waals surface area contributed by atoms with Crippen LogP contribution in [0, 0.1) is 0 Å². The van der Waals surface area contributed by atoms with Gasteiger partial charge < -0.3 is 18.9 Å². The zero-order valence-electron chi connectivity index (χ0n) is 43.2. The number of phosphoric acid groups is 1. The molecule has 0 aliphatic carbocycles. The molecule has 0 aliphatic rings.